The summed E-state index contributed by atoms with van der Waals surface area (Å²) in [4.78, 5) is 51.4. The summed E-state index contributed by atoms with van der Waals surface area (Å²) in [5, 5.41) is 17.9. The molecule has 0 saturated heterocycles. The van der Waals surface area contributed by atoms with E-state index in [4.69, 9.17) is 9.57 Å². The van der Waals surface area contributed by atoms with Crippen LogP contribution >= 0.6 is 0 Å². The van der Waals surface area contributed by atoms with Gasteiger partial charge in [0.05, 0.1) is 18.0 Å². The number of ketones is 1. The number of hydrogen-bond donors (Lipinski definition) is 2. The van der Waals surface area contributed by atoms with Crippen LogP contribution in [-0.2, 0) is 19.2 Å². The Hall–Kier alpha value is -4.34. The molecule has 0 fully saturated rings. The van der Waals surface area contributed by atoms with Gasteiger partial charge < -0.3 is 20.0 Å². The first-order chi connectivity index (χ1) is 17.3. The highest BCUT2D eigenvalue weighted by Gasteiger charge is 2.44. The molecule has 0 aliphatic carbocycles. The van der Waals surface area contributed by atoms with Gasteiger partial charge in [0.15, 0.2) is 12.4 Å². The smallest absolute Gasteiger partial charge is 0.305 e. The number of amides is 1. The van der Waals surface area contributed by atoms with Crippen LogP contribution in [0.1, 0.15) is 26.0 Å². The van der Waals surface area contributed by atoms with E-state index in [0.717, 1.165) is 10.8 Å². The second kappa shape index (κ2) is 10.9. The molecule has 10 heteroatoms. The van der Waals surface area contributed by atoms with Crippen molar-refractivity contribution in [2.75, 3.05) is 6.61 Å². The Morgan fingerprint density at radius 3 is 2.56 bits per heavy atom. The van der Waals surface area contributed by atoms with Gasteiger partial charge in [-0.1, -0.05) is 49.3 Å². The zero-order valence-corrected chi connectivity index (χ0v) is 19.8. The standard InChI is InChI=1S/C26H26N4O6/c1-15(2)22-24(23-17-8-4-3-7-16(17)10-12-28-23)30-36-25(22)26(34)29-18(13-21(32)33)19(31)14-35-20-9-5-6-11-27-20/h3-12,15,18,22,25H,13-14H2,1-2H3,(H,29,34)(H,32,33)/t18-,22-,25+/m0/s1. The average Bonchev–Trinajstić information content (AvgIpc) is 3.32. The molecular formula is C26H26N4O6. The number of benzene rings is 1. The van der Waals surface area contributed by atoms with E-state index in [9.17, 15) is 19.5 Å². The van der Waals surface area contributed by atoms with Gasteiger partial charge in [-0.25, -0.2) is 4.98 Å². The van der Waals surface area contributed by atoms with Gasteiger partial charge in [0.25, 0.3) is 5.91 Å². The summed E-state index contributed by atoms with van der Waals surface area (Å²) in [6.07, 6.45) is 1.52. The van der Waals surface area contributed by atoms with E-state index in [1.807, 2.05) is 44.2 Å². The topological polar surface area (TPSA) is 140 Å². The third-order valence-electron chi connectivity index (χ3n) is 5.88. The number of rotatable bonds is 10. The highest BCUT2D eigenvalue weighted by Crippen LogP contribution is 2.31. The maximum Gasteiger partial charge on any atom is 0.305 e. The number of carbonyl (C=O) groups is 3. The fourth-order valence-electron chi connectivity index (χ4n) is 4.14. The molecule has 3 atom stereocenters. The highest BCUT2D eigenvalue weighted by atomic mass is 16.6. The van der Waals surface area contributed by atoms with Crippen LogP contribution in [0, 0.1) is 11.8 Å². The lowest BCUT2D eigenvalue weighted by Crippen LogP contribution is -2.50. The number of pyridine rings is 2. The van der Waals surface area contributed by atoms with Gasteiger partial charge in [-0.2, -0.15) is 0 Å². The molecule has 0 unspecified atom stereocenters. The van der Waals surface area contributed by atoms with Gasteiger partial charge in [-0.3, -0.25) is 19.4 Å². The summed E-state index contributed by atoms with van der Waals surface area (Å²) >= 11 is 0. The lowest BCUT2D eigenvalue weighted by Gasteiger charge is -2.24. The van der Waals surface area contributed by atoms with Crippen LogP contribution in [0.25, 0.3) is 10.8 Å². The molecule has 10 nitrogen and oxygen atoms in total. The molecule has 4 rings (SSSR count). The zero-order valence-electron chi connectivity index (χ0n) is 19.8. The Morgan fingerprint density at radius 1 is 1.06 bits per heavy atom. The van der Waals surface area contributed by atoms with Crippen molar-refractivity contribution < 1.29 is 29.1 Å². The Morgan fingerprint density at radius 2 is 1.83 bits per heavy atom. The van der Waals surface area contributed by atoms with Crippen molar-refractivity contribution in [2.45, 2.75) is 32.4 Å². The van der Waals surface area contributed by atoms with E-state index in [-0.39, 0.29) is 11.8 Å². The predicted molar refractivity (Wildman–Crippen MR) is 130 cm³/mol. The summed E-state index contributed by atoms with van der Waals surface area (Å²) in [6.45, 7) is 3.41. The number of hydrogen-bond acceptors (Lipinski definition) is 8. The SMILES string of the molecule is CC(C)[C@H]1C(c2nccc3ccccc23)=NO[C@H]1C(=O)N[C@@H](CC(=O)O)C(=O)COc1ccccn1. The van der Waals surface area contributed by atoms with Crippen molar-refractivity contribution in [3.63, 3.8) is 0 Å². The van der Waals surface area contributed by atoms with Crippen molar-refractivity contribution >= 4 is 34.1 Å². The molecule has 2 N–H and O–H groups in total. The Kier molecular flexibility index (Phi) is 7.53. The first-order valence-corrected chi connectivity index (χ1v) is 11.5. The maximum absolute atomic E-state index is 13.2. The molecule has 0 bridgehead atoms. The normalized spacial score (nSPS) is 17.8. The lowest BCUT2D eigenvalue weighted by atomic mass is 9.83. The van der Waals surface area contributed by atoms with Gasteiger partial charge in [0.2, 0.25) is 12.0 Å². The maximum atomic E-state index is 13.2. The first kappa shape index (κ1) is 24.8. The molecule has 3 aromatic rings. The van der Waals surface area contributed by atoms with Crippen LogP contribution in [0.3, 0.4) is 0 Å². The second-order valence-electron chi connectivity index (χ2n) is 8.74. The minimum Gasteiger partial charge on any atom is -0.481 e. The quantitative estimate of drug-likeness (QED) is 0.442. The Bertz CT molecular complexity index is 1290. The molecular weight excluding hydrogens is 464 g/mol. The summed E-state index contributed by atoms with van der Waals surface area (Å²) < 4.78 is 5.35. The van der Waals surface area contributed by atoms with Crippen molar-refractivity contribution in [2.24, 2.45) is 17.0 Å². The van der Waals surface area contributed by atoms with Gasteiger partial charge in [0.1, 0.15) is 11.8 Å². The fourth-order valence-corrected chi connectivity index (χ4v) is 4.14. The highest BCUT2D eigenvalue weighted by molar-refractivity contribution is 6.12. The average molecular weight is 491 g/mol. The fraction of sp³-hybridized carbons (Fsp3) is 0.308. The number of fused-ring (bicyclic) bond motifs is 1. The minimum atomic E-state index is -1.31. The van der Waals surface area contributed by atoms with E-state index in [0.29, 0.717) is 11.4 Å². The number of nitrogens with zero attached hydrogens (tertiary/aromatic N) is 3. The molecule has 1 aromatic carbocycles. The number of nitrogens with one attached hydrogen (secondary N) is 1. The number of Topliss-reactive ketones (excluding diaryl/α,β-unsaturated/α-hetero) is 1. The third kappa shape index (κ3) is 5.48. The molecule has 1 aliphatic rings. The lowest BCUT2D eigenvalue weighted by molar-refractivity contribution is -0.142. The number of carbonyl (C=O) groups excluding carboxylic acids is 2. The Balaban J connectivity index is 1.51. The van der Waals surface area contributed by atoms with E-state index >= 15 is 0 Å². The minimum absolute atomic E-state index is 0.0659. The van der Waals surface area contributed by atoms with Crippen LogP contribution in [0.4, 0.5) is 0 Å². The van der Waals surface area contributed by atoms with Gasteiger partial charge in [-0.05, 0) is 23.4 Å². The zero-order chi connectivity index (χ0) is 25.7. The van der Waals surface area contributed by atoms with Crippen LogP contribution in [0.5, 0.6) is 5.88 Å². The molecule has 1 aliphatic heterocycles. The van der Waals surface area contributed by atoms with Gasteiger partial charge in [0, 0.05) is 23.8 Å². The first-order valence-electron chi connectivity index (χ1n) is 11.5. The molecule has 2 aromatic heterocycles. The van der Waals surface area contributed by atoms with Gasteiger partial charge in [-0.15, -0.1) is 0 Å². The van der Waals surface area contributed by atoms with Crippen molar-refractivity contribution in [3.05, 3.63) is 66.6 Å². The number of carboxylic acid groups (broad SMARTS) is 1. The van der Waals surface area contributed by atoms with E-state index < -0.39 is 48.8 Å². The summed E-state index contributed by atoms with van der Waals surface area (Å²) in [5.41, 5.74) is 1.14. The second-order valence-corrected chi connectivity index (χ2v) is 8.74. The van der Waals surface area contributed by atoms with E-state index in [1.165, 1.54) is 6.20 Å². The number of carboxylic acids is 1. The van der Waals surface area contributed by atoms with E-state index in [1.54, 1.807) is 24.4 Å². The molecule has 0 radical (unpaired) electrons. The largest absolute Gasteiger partial charge is 0.481 e. The molecule has 3 heterocycles. The Labute approximate surface area is 207 Å². The molecule has 186 valence electrons. The number of ether oxygens (including phenoxy) is 1. The summed E-state index contributed by atoms with van der Waals surface area (Å²) in [5.74, 6) is -2.79. The van der Waals surface area contributed by atoms with Crippen molar-refractivity contribution in [3.8, 4) is 5.88 Å². The van der Waals surface area contributed by atoms with Crippen LogP contribution in [-0.4, -0.2) is 57.2 Å². The van der Waals surface area contributed by atoms with Crippen molar-refractivity contribution in [1.29, 1.82) is 0 Å². The van der Waals surface area contributed by atoms with Crippen molar-refractivity contribution in [1.82, 2.24) is 15.3 Å². The molecule has 0 saturated carbocycles. The third-order valence-corrected chi connectivity index (χ3v) is 5.88. The van der Waals surface area contributed by atoms with Gasteiger partial charge >= 0.3 is 5.97 Å². The molecule has 0 spiro atoms. The van der Waals surface area contributed by atoms with Crippen LogP contribution < -0.4 is 10.1 Å². The number of aromatic nitrogens is 2. The van der Waals surface area contributed by atoms with Crippen LogP contribution in [0.15, 0.2) is 66.1 Å². The number of aliphatic carboxylic acids is 1. The summed E-state index contributed by atoms with van der Waals surface area (Å²) in [7, 11) is 0. The molecule has 1 amide bonds. The van der Waals surface area contributed by atoms with E-state index in [2.05, 4.69) is 20.4 Å². The number of oxime groups is 1. The molecule has 36 heavy (non-hydrogen) atoms. The monoisotopic (exact) mass is 490 g/mol. The summed E-state index contributed by atoms with van der Waals surface area (Å²) in [6, 6.07) is 13.2. The van der Waals surface area contributed by atoms with Crippen LogP contribution in [0.2, 0.25) is 0 Å². The predicted octanol–water partition coefficient (Wildman–Crippen LogP) is 2.61.